The Balaban J connectivity index is 1.30. The van der Waals surface area contributed by atoms with E-state index >= 15 is 0 Å². The second kappa shape index (κ2) is 8.81. The third-order valence-electron chi connectivity index (χ3n) is 7.38. The Morgan fingerprint density at radius 1 is 1.13 bits per heavy atom. The number of aryl methyl sites for hydroxylation is 1. The molecule has 3 fully saturated rings. The Morgan fingerprint density at radius 3 is 2.77 bits per heavy atom. The Hall–Kier alpha value is -2.70. The number of benzene rings is 1. The summed E-state index contributed by atoms with van der Waals surface area (Å²) < 4.78 is 1.78. The first-order valence-electron chi connectivity index (χ1n) is 11.6. The predicted molar refractivity (Wildman–Crippen MR) is 116 cm³/mol. The van der Waals surface area contributed by atoms with E-state index in [2.05, 4.69) is 44.1 Å². The van der Waals surface area contributed by atoms with Crippen molar-refractivity contribution in [2.24, 2.45) is 11.8 Å². The molecule has 3 saturated heterocycles. The minimum atomic E-state index is 0.196. The zero-order valence-electron chi connectivity index (χ0n) is 18.0. The van der Waals surface area contributed by atoms with Crippen molar-refractivity contribution < 1.29 is 9.59 Å². The second-order valence-electron chi connectivity index (χ2n) is 9.33. The van der Waals surface area contributed by atoms with Gasteiger partial charge in [0.2, 0.25) is 11.8 Å². The predicted octanol–water partition coefficient (Wildman–Crippen LogP) is 2.53. The van der Waals surface area contributed by atoms with Crippen LogP contribution in [0.25, 0.3) is 0 Å². The van der Waals surface area contributed by atoms with Crippen LogP contribution in [0.4, 0.5) is 0 Å². The minimum Gasteiger partial charge on any atom is -0.342 e. The van der Waals surface area contributed by atoms with Gasteiger partial charge in [-0.1, -0.05) is 30.3 Å². The number of carbonyl (C=O) groups is 2. The first kappa shape index (κ1) is 20.2. The highest BCUT2D eigenvalue weighted by atomic mass is 16.2. The molecular formula is C24H31N5O2. The standard InChI is InChI=1S/C24H31N5O2/c30-23(10-5-11-28-17-25-16-26-28)27-14-19-13-20(15-27)22(12-18-6-2-1-3-7-18)29-21(19)8-4-9-24(29)31/h1-3,6-7,16-17,19-22H,4-5,8-15H2/t19-,20+,21+,22+/m1/s1. The first-order chi connectivity index (χ1) is 15.2. The van der Waals surface area contributed by atoms with E-state index in [1.165, 1.54) is 11.9 Å². The maximum atomic E-state index is 13.0. The highest BCUT2D eigenvalue weighted by molar-refractivity contribution is 5.79. The van der Waals surface area contributed by atoms with Crippen LogP contribution in [-0.4, -0.2) is 61.6 Å². The summed E-state index contributed by atoms with van der Waals surface area (Å²) >= 11 is 0. The molecule has 2 bridgehead atoms. The van der Waals surface area contributed by atoms with E-state index in [9.17, 15) is 9.59 Å². The maximum absolute atomic E-state index is 13.0. The van der Waals surface area contributed by atoms with Crippen LogP contribution in [0.2, 0.25) is 0 Å². The third-order valence-corrected chi connectivity index (χ3v) is 7.38. The van der Waals surface area contributed by atoms with Crippen LogP contribution in [0, 0.1) is 11.8 Å². The molecule has 0 N–H and O–H groups in total. The van der Waals surface area contributed by atoms with Crippen LogP contribution >= 0.6 is 0 Å². The number of aromatic nitrogens is 3. The van der Waals surface area contributed by atoms with Gasteiger partial charge in [-0.15, -0.1) is 0 Å². The number of piperidine rings is 3. The molecule has 0 spiro atoms. The van der Waals surface area contributed by atoms with E-state index in [0.29, 0.717) is 37.1 Å². The van der Waals surface area contributed by atoms with E-state index in [1.807, 2.05) is 6.07 Å². The van der Waals surface area contributed by atoms with E-state index in [4.69, 9.17) is 0 Å². The lowest BCUT2D eigenvalue weighted by Gasteiger charge is -2.56. The molecule has 5 rings (SSSR count). The molecule has 2 aromatic rings. The summed E-state index contributed by atoms with van der Waals surface area (Å²) in [6.07, 6.45) is 9.27. The van der Waals surface area contributed by atoms with Crippen molar-refractivity contribution in [2.45, 2.75) is 63.6 Å². The molecule has 0 radical (unpaired) electrons. The van der Waals surface area contributed by atoms with Gasteiger partial charge in [-0.3, -0.25) is 14.3 Å². The van der Waals surface area contributed by atoms with Gasteiger partial charge >= 0.3 is 0 Å². The Bertz CT molecular complexity index is 900. The summed E-state index contributed by atoms with van der Waals surface area (Å²) in [6.45, 7) is 2.28. The van der Waals surface area contributed by atoms with Crippen molar-refractivity contribution in [2.75, 3.05) is 13.1 Å². The highest BCUT2D eigenvalue weighted by Gasteiger charge is 2.49. The second-order valence-corrected chi connectivity index (χ2v) is 9.33. The molecule has 0 saturated carbocycles. The number of carbonyl (C=O) groups excluding carboxylic acids is 2. The van der Waals surface area contributed by atoms with Crippen LogP contribution < -0.4 is 0 Å². The van der Waals surface area contributed by atoms with Gasteiger partial charge in [0.1, 0.15) is 12.7 Å². The normalized spacial score (nSPS) is 27.8. The van der Waals surface area contributed by atoms with Gasteiger partial charge in [0.15, 0.2) is 0 Å². The van der Waals surface area contributed by atoms with Crippen molar-refractivity contribution in [3.63, 3.8) is 0 Å². The average Bonchev–Trinajstić information content (AvgIpc) is 3.31. The summed E-state index contributed by atoms with van der Waals surface area (Å²) in [7, 11) is 0. The zero-order valence-corrected chi connectivity index (χ0v) is 18.0. The Morgan fingerprint density at radius 2 is 1.97 bits per heavy atom. The summed E-state index contributed by atoms with van der Waals surface area (Å²) in [5.74, 6) is 1.33. The van der Waals surface area contributed by atoms with E-state index in [1.54, 1.807) is 11.0 Å². The summed E-state index contributed by atoms with van der Waals surface area (Å²) in [5.41, 5.74) is 1.28. The Kier molecular flexibility index (Phi) is 5.74. The lowest BCUT2D eigenvalue weighted by atomic mass is 9.70. The lowest BCUT2D eigenvalue weighted by Crippen LogP contribution is -2.66. The van der Waals surface area contributed by atoms with Crippen molar-refractivity contribution in [1.82, 2.24) is 24.6 Å². The monoisotopic (exact) mass is 421 g/mol. The third kappa shape index (κ3) is 4.23. The van der Waals surface area contributed by atoms with Gasteiger partial charge in [-0.25, -0.2) is 4.98 Å². The van der Waals surface area contributed by atoms with E-state index in [-0.39, 0.29) is 18.0 Å². The molecule has 164 valence electrons. The van der Waals surface area contributed by atoms with Gasteiger partial charge in [0.05, 0.1) is 0 Å². The van der Waals surface area contributed by atoms with Crippen molar-refractivity contribution in [1.29, 1.82) is 0 Å². The average molecular weight is 422 g/mol. The molecule has 7 nitrogen and oxygen atoms in total. The van der Waals surface area contributed by atoms with Gasteiger partial charge in [0, 0.05) is 44.6 Å². The van der Waals surface area contributed by atoms with Gasteiger partial charge in [0.25, 0.3) is 0 Å². The minimum absolute atomic E-state index is 0.196. The highest BCUT2D eigenvalue weighted by Crippen LogP contribution is 2.42. The molecule has 2 amide bonds. The fraction of sp³-hybridized carbons (Fsp3) is 0.583. The molecule has 3 aliphatic heterocycles. The van der Waals surface area contributed by atoms with Crippen LogP contribution in [0.5, 0.6) is 0 Å². The van der Waals surface area contributed by atoms with Crippen molar-refractivity contribution >= 4 is 11.8 Å². The number of likely N-dealkylation sites (tertiary alicyclic amines) is 1. The fourth-order valence-corrected chi connectivity index (χ4v) is 6.00. The van der Waals surface area contributed by atoms with Gasteiger partial charge in [-0.2, -0.15) is 5.10 Å². The van der Waals surface area contributed by atoms with Crippen molar-refractivity contribution in [3.8, 4) is 0 Å². The largest absolute Gasteiger partial charge is 0.342 e. The molecule has 4 heterocycles. The van der Waals surface area contributed by atoms with Gasteiger partial charge < -0.3 is 9.80 Å². The van der Waals surface area contributed by atoms with Crippen LogP contribution in [-0.2, 0) is 22.6 Å². The Labute approximate surface area is 183 Å². The summed E-state index contributed by atoms with van der Waals surface area (Å²) in [4.78, 5) is 34.3. The SMILES string of the molecule is O=C(CCCn1cncn1)N1C[C@H]2C[C@@H](C1)[C@H](Cc1ccccc1)N1C(=O)CCC[C@@H]21. The quantitative estimate of drug-likeness (QED) is 0.719. The fourth-order valence-electron chi connectivity index (χ4n) is 6.00. The molecule has 3 aliphatic rings. The summed E-state index contributed by atoms with van der Waals surface area (Å²) in [6, 6.07) is 11.0. The number of hydrogen-bond acceptors (Lipinski definition) is 4. The smallest absolute Gasteiger partial charge is 0.223 e. The molecule has 7 heteroatoms. The van der Waals surface area contributed by atoms with Gasteiger partial charge in [-0.05, 0) is 49.5 Å². The molecule has 0 aliphatic carbocycles. The maximum Gasteiger partial charge on any atom is 0.223 e. The number of nitrogens with zero attached hydrogens (tertiary/aromatic N) is 5. The molecule has 4 atom stereocenters. The van der Waals surface area contributed by atoms with Crippen LogP contribution in [0.3, 0.4) is 0 Å². The number of hydrogen-bond donors (Lipinski definition) is 0. The van der Waals surface area contributed by atoms with Crippen LogP contribution in [0.15, 0.2) is 43.0 Å². The molecule has 1 aromatic heterocycles. The molecule has 31 heavy (non-hydrogen) atoms. The number of rotatable bonds is 6. The number of amides is 2. The summed E-state index contributed by atoms with van der Waals surface area (Å²) in [5, 5.41) is 4.12. The zero-order chi connectivity index (χ0) is 21.2. The lowest BCUT2D eigenvalue weighted by molar-refractivity contribution is -0.156. The molecular weight excluding hydrogens is 390 g/mol. The number of fused-ring (bicyclic) bond motifs is 4. The van der Waals surface area contributed by atoms with Crippen LogP contribution in [0.1, 0.15) is 44.1 Å². The molecule has 1 aromatic carbocycles. The topological polar surface area (TPSA) is 71.3 Å². The van der Waals surface area contributed by atoms with E-state index < -0.39 is 0 Å². The first-order valence-corrected chi connectivity index (χ1v) is 11.6. The van der Waals surface area contributed by atoms with E-state index in [0.717, 1.165) is 45.2 Å². The van der Waals surface area contributed by atoms with Crippen molar-refractivity contribution in [3.05, 3.63) is 48.5 Å². The molecule has 0 unspecified atom stereocenters.